The van der Waals surface area contributed by atoms with E-state index in [1.54, 1.807) is 28.6 Å². The molecule has 1 N–H and O–H groups in total. The number of nitrogens with zero attached hydrogens (tertiary/aromatic N) is 4. The van der Waals surface area contributed by atoms with Gasteiger partial charge in [-0.25, -0.2) is 4.98 Å². The molecular weight excluding hydrogens is 232 g/mol. The largest absolute Gasteiger partial charge is 0.481 e. The summed E-state index contributed by atoms with van der Waals surface area (Å²) in [5, 5.41) is 17.8. The maximum Gasteiger partial charge on any atom is 0.305 e. The molecule has 0 fully saturated rings. The number of carboxylic acids is 1. The number of rotatable bonds is 4. The Morgan fingerprint density at radius 2 is 2.39 bits per heavy atom. The van der Waals surface area contributed by atoms with Gasteiger partial charge in [0.1, 0.15) is 11.7 Å². The van der Waals surface area contributed by atoms with Crippen molar-refractivity contribution in [2.45, 2.75) is 6.42 Å². The smallest absolute Gasteiger partial charge is 0.305 e. The molecule has 0 radical (unpaired) electrons. The first kappa shape index (κ1) is 11.9. The Hall–Kier alpha value is -2.55. The molecule has 0 aliphatic heterocycles. The highest BCUT2D eigenvalue weighted by molar-refractivity contribution is 5.68. The van der Waals surface area contributed by atoms with Crippen LogP contribution >= 0.6 is 0 Å². The first-order valence-corrected chi connectivity index (χ1v) is 5.43. The maximum atomic E-state index is 10.5. The van der Waals surface area contributed by atoms with Crippen LogP contribution in [0.3, 0.4) is 0 Å². The predicted molar refractivity (Wildman–Crippen MR) is 65.4 cm³/mol. The predicted octanol–water partition coefficient (Wildman–Crippen LogP) is 1.12. The van der Waals surface area contributed by atoms with E-state index in [1.165, 1.54) is 0 Å². The summed E-state index contributed by atoms with van der Waals surface area (Å²) in [6.45, 7) is 0.313. The van der Waals surface area contributed by atoms with Crippen LogP contribution in [-0.4, -0.2) is 34.1 Å². The lowest BCUT2D eigenvalue weighted by atomic mass is 10.3. The average Bonchev–Trinajstić information content (AvgIpc) is 2.74. The molecule has 0 spiro atoms. The molecule has 0 aliphatic rings. The minimum atomic E-state index is -0.871. The first-order chi connectivity index (χ1) is 8.63. The highest BCUT2D eigenvalue weighted by Crippen LogP contribution is 2.19. The zero-order valence-electron chi connectivity index (χ0n) is 9.87. The average molecular weight is 244 g/mol. The molecule has 0 unspecified atom stereocenters. The molecule has 6 nitrogen and oxygen atoms in total. The van der Waals surface area contributed by atoms with E-state index < -0.39 is 5.97 Å². The van der Waals surface area contributed by atoms with Gasteiger partial charge >= 0.3 is 5.97 Å². The zero-order chi connectivity index (χ0) is 13.1. The van der Waals surface area contributed by atoms with Gasteiger partial charge in [-0.1, -0.05) is 6.07 Å². The number of imidazole rings is 1. The van der Waals surface area contributed by atoms with E-state index in [-0.39, 0.29) is 6.42 Å². The Morgan fingerprint density at radius 1 is 1.61 bits per heavy atom. The van der Waals surface area contributed by atoms with Gasteiger partial charge in [0.15, 0.2) is 11.5 Å². The Balaban J connectivity index is 2.38. The van der Waals surface area contributed by atoms with Crippen molar-refractivity contribution >= 4 is 17.4 Å². The summed E-state index contributed by atoms with van der Waals surface area (Å²) in [5.74, 6) is -0.367. The quantitative estimate of drug-likeness (QED) is 0.871. The summed E-state index contributed by atoms with van der Waals surface area (Å²) in [5.41, 5.74) is 1.09. The third kappa shape index (κ3) is 2.11. The SMILES string of the molecule is CN(CCC(=O)O)c1nc2ccccn2c1C#N. The Kier molecular flexibility index (Phi) is 3.15. The van der Waals surface area contributed by atoms with Crippen molar-refractivity contribution in [3.63, 3.8) is 0 Å². The van der Waals surface area contributed by atoms with Crippen LogP contribution in [0.2, 0.25) is 0 Å². The van der Waals surface area contributed by atoms with Crippen LogP contribution in [0.4, 0.5) is 5.82 Å². The monoisotopic (exact) mass is 244 g/mol. The second kappa shape index (κ2) is 4.75. The standard InChI is InChI=1S/C12H12N4O2/c1-15(7-5-11(17)18)12-9(8-13)16-6-3-2-4-10(16)14-12/h2-4,6H,5,7H2,1H3,(H,17,18). The number of hydrogen-bond donors (Lipinski definition) is 1. The van der Waals surface area contributed by atoms with Gasteiger partial charge in [-0.3, -0.25) is 9.20 Å². The summed E-state index contributed by atoms with van der Waals surface area (Å²) < 4.78 is 1.69. The van der Waals surface area contributed by atoms with E-state index in [4.69, 9.17) is 5.11 Å². The van der Waals surface area contributed by atoms with E-state index in [9.17, 15) is 10.1 Å². The first-order valence-electron chi connectivity index (χ1n) is 5.43. The molecule has 18 heavy (non-hydrogen) atoms. The summed E-state index contributed by atoms with van der Waals surface area (Å²) in [6.07, 6.45) is 1.77. The number of carboxylic acid groups (broad SMARTS) is 1. The molecule has 2 aromatic rings. The minimum Gasteiger partial charge on any atom is -0.481 e. The van der Waals surface area contributed by atoms with Gasteiger partial charge in [0, 0.05) is 19.8 Å². The van der Waals surface area contributed by atoms with E-state index in [2.05, 4.69) is 11.1 Å². The highest BCUT2D eigenvalue weighted by atomic mass is 16.4. The summed E-state index contributed by atoms with van der Waals surface area (Å²) in [7, 11) is 1.73. The Bertz CT molecular complexity index is 627. The lowest BCUT2D eigenvalue weighted by Gasteiger charge is -2.14. The van der Waals surface area contributed by atoms with Crippen LogP contribution in [0.1, 0.15) is 12.1 Å². The number of anilines is 1. The summed E-state index contributed by atoms with van der Waals surface area (Å²) in [6, 6.07) is 7.55. The fraction of sp³-hybridized carbons (Fsp3) is 0.250. The topological polar surface area (TPSA) is 81.6 Å². The van der Waals surface area contributed by atoms with Crippen molar-refractivity contribution in [3.8, 4) is 6.07 Å². The van der Waals surface area contributed by atoms with Crippen molar-refractivity contribution < 1.29 is 9.90 Å². The molecule has 0 amide bonds. The zero-order valence-corrected chi connectivity index (χ0v) is 9.87. The molecule has 0 atom stereocenters. The molecular formula is C12H12N4O2. The molecule has 2 rings (SSSR count). The summed E-state index contributed by atoms with van der Waals surface area (Å²) in [4.78, 5) is 16.6. The van der Waals surface area contributed by atoms with Gasteiger partial charge in [-0.05, 0) is 12.1 Å². The number of aromatic nitrogens is 2. The van der Waals surface area contributed by atoms with Crippen molar-refractivity contribution in [2.24, 2.45) is 0 Å². The Labute approximate surface area is 104 Å². The van der Waals surface area contributed by atoms with Gasteiger partial charge in [0.25, 0.3) is 0 Å². The van der Waals surface area contributed by atoms with E-state index >= 15 is 0 Å². The van der Waals surface area contributed by atoms with Crippen LogP contribution in [-0.2, 0) is 4.79 Å². The van der Waals surface area contributed by atoms with Crippen LogP contribution in [0.5, 0.6) is 0 Å². The number of carbonyl (C=O) groups is 1. The molecule has 6 heteroatoms. The number of nitriles is 1. The number of pyridine rings is 1. The molecule has 0 saturated heterocycles. The van der Waals surface area contributed by atoms with Crippen molar-refractivity contribution in [3.05, 3.63) is 30.1 Å². The third-order valence-electron chi connectivity index (χ3n) is 2.64. The van der Waals surface area contributed by atoms with E-state index in [0.29, 0.717) is 23.7 Å². The molecule has 0 bridgehead atoms. The molecule has 92 valence electrons. The lowest BCUT2D eigenvalue weighted by molar-refractivity contribution is -0.136. The van der Waals surface area contributed by atoms with Crippen LogP contribution in [0, 0.1) is 11.3 Å². The fourth-order valence-electron chi connectivity index (χ4n) is 1.72. The molecule has 0 aromatic carbocycles. The second-order valence-corrected chi connectivity index (χ2v) is 3.89. The summed E-state index contributed by atoms with van der Waals surface area (Å²) >= 11 is 0. The second-order valence-electron chi connectivity index (χ2n) is 3.89. The van der Waals surface area contributed by atoms with E-state index in [1.807, 2.05) is 12.1 Å². The minimum absolute atomic E-state index is 0.00917. The van der Waals surface area contributed by atoms with Gasteiger partial charge in [-0.15, -0.1) is 0 Å². The molecule has 2 aromatic heterocycles. The molecule has 0 aliphatic carbocycles. The number of aliphatic carboxylic acids is 1. The normalized spacial score (nSPS) is 10.2. The van der Waals surface area contributed by atoms with Crippen molar-refractivity contribution in [1.29, 1.82) is 5.26 Å². The molecule has 0 saturated carbocycles. The van der Waals surface area contributed by atoms with Gasteiger partial charge in [0.05, 0.1) is 6.42 Å². The number of fused-ring (bicyclic) bond motifs is 1. The van der Waals surface area contributed by atoms with Gasteiger partial charge < -0.3 is 10.0 Å². The highest BCUT2D eigenvalue weighted by Gasteiger charge is 2.15. The lowest BCUT2D eigenvalue weighted by Crippen LogP contribution is -2.22. The van der Waals surface area contributed by atoms with Gasteiger partial charge in [-0.2, -0.15) is 5.26 Å². The van der Waals surface area contributed by atoms with Crippen LogP contribution in [0.15, 0.2) is 24.4 Å². The van der Waals surface area contributed by atoms with Crippen LogP contribution in [0.25, 0.3) is 5.65 Å². The maximum absolute atomic E-state index is 10.5. The number of hydrogen-bond acceptors (Lipinski definition) is 4. The molecule has 2 heterocycles. The van der Waals surface area contributed by atoms with Crippen molar-refractivity contribution in [2.75, 3.05) is 18.5 Å². The fourth-order valence-corrected chi connectivity index (χ4v) is 1.72. The van der Waals surface area contributed by atoms with E-state index in [0.717, 1.165) is 0 Å². The van der Waals surface area contributed by atoms with Crippen molar-refractivity contribution in [1.82, 2.24) is 9.38 Å². The third-order valence-corrected chi connectivity index (χ3v) is 2.64. The van der Waals surface area contributed by atoms with Gasteiger partial charge in [0.2, 0.25) is 0 Å². The Morgan fingerprint density at radius 3 is 3.06 bits per heavy atom. The van der Waals surface area contributed by atoms with Crippen LogP contribution < -0.4 is 4.90 Å².